The standard InChI is InChI=1S/C12H26O2S2/c1-11(13)9-15-7-5-3-4-6-8-16-10-12(2)14/h11-14H,3-10H2,1-2H3. The lowest BCUT2D eigenvalue weighted by molar-refractivity contribution is 0.220. The van der Waals surface area contributed by atoms with E-state index in [4.69, 9.17) is 10.2 Å². The molecule has 0 rings (SSSR count). The molecule has 0 amide bonds. The maximum Gasteiger partial charge on any atom is 0.0602 e. The van der Waals surface area contributed by atoms with Crippen molar-refractivity contribution < 1.29 is 10.2 Å². The van der Waals surface area contributed by atoms with Crippen LogP contribution in [0.4, 0.5) is 0 Å². The van der Waals surface area contributed by atoms with E-state index in [9.17, 15) is 0 Å². The predicted octanol–water partition coefficient (Wildman–Crippen LogP) is 2.77. The second-order valence-electron chi connectivity index (χ2n) is 4.26. The molecule has 0 saturated carbocycles. The van der Waals surface area contributed by atoms with Gasteiger partial charge in [-0.25, -0.2) is 0 Å². The molecule has 0 aromatic carbocycles. The molecule has 0 heterocycles. The summed E-state index contributed by atoms with van der Waals surface area (Å²) < 4.78 is 0. The van der Waals surface area contributed by atoms with Gasteiger partial charge >= 0.3 is 0 Å². The van der Waals surface area contributed by atoms with Gasteiger partial charge in [-0.05, 0) is 38.2 Å². The molecule has 0 fully saturated rings. The zero-order valence-electron chi connectivity index (χ0n) is 10.5. The van der Waals surface area contributed by atoms with Gasteiger partial charge in [0.1, 0.15) is 0 Å². The van der Waals surface area contributed by atoms with Crippen LogP contribution in [0.25, 0.3) is 0 Å². The number of aliphatic hydroxyl groups is 2. The van der Waals surface area contributed by atoms with E-state index in [-0.39, 0.29) is 12.2 Å². The third-order valence-corrected chi connectivity index (χ3v) is 4.64. The molecule has 0 radical (unpaired) electrons. The van der Waals surface area contributed by atoms with Gasteiger partial charge < -0.3 is 10.2 Å². The number of rotatable bonds is 11. The Hall–Kier alpha value is 0.620. The summed E-state index contributed by atoms with van der Waals surface area (Å²) in [6.07, 6.45) is 4.78. The van der Waals surface area contributed by atoms with E-state index < -0.39 is 0 Å². The van der Waals surface area contributed by atoms with Crippen molar-refractivity contribution in [2.24, 2.45) is 0 Å². The smallest absolute Gasteiger partial charge is 0.0602 e. The average Bonchev–Trinajstić information content (AvgIpc) is 2.20. The third kappa shape index (κ3) is 14.6. The first-order valence-corrected chi connectivity index (χ1v) is 8.45. The van der Waals surface area contributed by atoms with E-state index in [0.717, 1.165) is 11.5 Å². The lowest BCUT2D eigenvalue weighted by Crippen LogP contribution is -2.03. The highest BCUT2D eigenvalue weighted by Gasteiger charge is 1.97. The van der Waals surface area contributed by atoms with Crippen molar-refractivity contribution >= 4 is 23.5 Å². The van der Waals surface area contributed by atoms with Crippen LogP contribution in [-0.2, 0) is 0 Å². The summed E-state index contributed by atoms with van der Waals surface area (Å²) in [6, 6.07) is 0. The van der Waals surface area contributed by atoms with Crippen molar-refractivity contribution in [1.29, 1.82) is 0 Å². The molecule has 0 aliphatic carbocycles. The number of aliphatic hydroxyl groups excluding tert-OH is 2. The van der Waals surface area contributed by atoms with Gasteiger partial charge in [0.05, 0.1) is 12.2 Å². The number of hydrogen-bond donors (Lipinski definition) is 2. The lowest BCUT2D eigenvalue weighted by atomic mass is 10.2. The molecule has 4 heteroatoms. The second kappa shape index (κ2) is 12.1. The summed E-state index contributed by atoms with van der Waals surface area (Å²) in [4.78, 5) is 0. The van der Waals surface area contributed by atoms with Gasteiger partial charge in [-0.3, -0.25) is 0 Å². The molecule has 2 N–H and O–H groups in total. The Bertz CT molecular complexity index is 125. The molecular formula is C12H26O2S2. The first kappa shape index (κ1) is 16.6. The molecular weight excluding hydrogens is 240 g/mol. The fraction of sp³-hybridized carbons (Fsp3) is 1.00. The molecule has 2 nitrogen and oxygen atoms in total. The molecule has 98 valence electrons. The lowest BCUT2D eigenvalue weighted by Gasteiger charge is -2.05. The minimum absolute atomic E-state index is 0.165. The van der Waals surface area contributed by atoms with Gasteiger partial charge in [0, 0.05) is 11.5 Å². The van der Waals surface area contributed by atoms with E-state index in [1.165, 1.54) is 37.2 Å². The maximum absolute atomic E-state index is 9.05. The van der Waals surface area contributed by atoms with Crippen molar-refractivity contribution in [1.82, 2.24) is 0 Å². The normalized spacial score (nSPS) is 15.0. The number of unbranched alkanes of at least 4 members (excludes halogenated alkanes) is 3. The molecule has 0 spiro atoms. The Morgan fingerprint density at radius 2 is 1.12 bits per heavy atom. The second-order valence-corrected chi connectivity index (χ2v) is 6.56. The van der Waals surface area contributed by atoms with Crippen molar-refractivity contribution in [3.8, 4) is 0 Å². The topological polar surface area (TPSA) is 40.5 Å². The van der Waals surface area contributed by atoms with E-state index in [0.29, 0.717) is 0 Å². The van der Waals surface area contributed by atoms with E-state index in [1.54, 1.807) is 0 Å². The summed E-state index contributed by atoms with van der Waals surface area (Å²) in [5.41, 5.74) is 0. The van der Waals surface area contributed by atoms with Crippen LogP contribution in [0.5, 0.6) is 0 Å². The van der Waals surface area contributed by atoms with Crippen LogP contribution in [0, 0.1) is 0 Å². The van der Waals surface area contributed by atoms with Crippen LogP contribution in [0.1, 0.15) is 39.5 Å². The molecule has 2 unspecified atom stereocenters. The molecule has 0 aliphatic heterocycles. The molecule has 0 saturated heterocycles. The highest BCUT2D eigenvalue weighted by molar-refractivity contribution is 7.99. The number of thioether (sulfide) groups is 2. The van der Waals surface area contributed by atoms with Crippen LogP contribution < -0.4 is 0 Å². The Labute approximate surface area is 109 Å². The van der Waals surface area contributed by atoms with Crippen molar-refractivity contribution in [3.63, 3.8) is 0 Å². The van der Waals surface area contributed by atoms with Crippen LogP contribution in [0.2, 0.25) is 0 Å². The summed E-state index contributed by atoms with van der Waals surface area (Å²) in [6.45, 7) is 3.68. The van der Waals surface area contributed by atoms with Crippen molar-refractivity contribution in [3.05, 3.63) is 0 Å². The van der Waals surface area contributed by atoms with Crippen LogP contribution in [-0.4, -0.2) is 45.4 Å². The molecule has 2 atom stereocenters. The Kier molecular flexibility index (Phi) is 12.6. The van der Waals surface area contributed by atoms with Crippen molar-refractivity contribution in [2.45, 2.75) is 51.7 Å². The quantitative estimate of drug-likeness (QED) is 0.564. The zero-order valence-corrected chi connectivity index (χ0v) is 12.2. The Morgan fingerprint density at radius 3 is 1.44 bits per heavy atom. The summed E-state index contributed by atoms with van der Waals surface area (Å²) in [5.74, 6) is 4.08. The van der Waals surface area contributed by atoms with Gasteiger partial charge in [0.2, 0.25) is 0 Å². The molecule has 0 bridgehead atoms. The molecule has 0 aromatic rings. The fourth-order valence-electron chi connectivity index (χ4n) is 1.27. The summed E-state index contributed by atoms with van der Waals surface area (Å²) in [5, 5.41) is 18.1. The van der Waals surface area contributed by atoms with Gasteiger partial charge in [-0.2, -0.15) is 23.5 Å². The minimum Gasteiger partial charge on any atom is -0.393 e. The van der Waals surface area contributed by atoms with Gasteiger partial charge in [0.15, 0.2) is 0 Å². The largest absolute Gasteiger partial charge is 0.393 e. The fourth-order valence-corrected chi connectivity index (χ4v) is 3.10. The van der Waals surface area contributed by atoms with Crippen LogP contribution in [0.15, 0.2) is 0 Å². The van der Waals surface area contributed by atoms with Gasteiger partial charge in [0.25, 0.3) is 0 Å². The van der Waals surface area contributed by atoms with Gasteiger partial charge in [-0.15, -0.1) is 0 Å². The average molecular weight is 266 g/mol. The zero-order chi connectivity index (χ0) is 12.2. The van der Waals surface area contributed by atoms with E-state index in [2.05, 4.69) is 0 Å². The maximum atomic E-state index is 9.05. The molecule has 16 heavy (non-hydrogen) atoms. The first-order chi connectivity index (χ1) is 7.63. The summed E-state index contributed by atoms with van der Waals surface area (Å²) in [7, 11) is 0. The third-order valence-electron chi connectivity index (χ3n) is 2.05. The Morgan fingerprint density at radius 1 is 0.750 bits per heavy atom. The molecule has 0 aliphatic rings. The predicted molar refractivity (Wildman–Crippen MR) is 76.5 cm³/mol. The highest BCUT2D eigenvalue weighted by Crippen LogP contribution is 2.11. The number of hydrogen-bond acceptors (Lipinski definition) is 4. The van der Waals surface area contributed by atoms with E-state index >= 15 is 0 Å². The first-order valence-electron chi connectivity index (χ1n) is 6.14. The van der Waals surface area contributed by atoms with Crippen LogP contribution in [0.3, 0.4) is 0 Å². The molecule has 0 aromatic heterocycles. The van der Waals surface area contributed by atoms with Crippen molar-refractivity contribution in [2.75, 3.05) is 23.0 Å². The highest BCUT2D eigenvalue weighted by atomic mass is 32.2. The minimum atomic E-state index is -0.165. The SMILES string of the molecule is CC(O)CSCCCCCCSCC(C)O. The van der Waals surface area contributed by atoms with Crippen LogP contribution >= 0.6 is 23.5 Å². The monoisotopic (exact) mass is 266 g/mol. The summed E-state index contributed by atoms with van der Waals surface area (Å²) >= 11 is 3.69. The van der Waals surface area contributed by atoms with E-state index in [1.807, 2.05) is 37.4 Å². The Balaban J connectivity index is 2.93. The van der Waals surface area contributed by atoms with Gasteiger partial charge in [-0.1, -0.05) is 12.8 Å².